The highest BCUT2D eigenvalue weighted by Crippen LogP contribution is 2.17. The molecule has 0 radical (unpaired) electrons. The third kappa shape index (κ3) is 4.79. The molecule has 3 N–H and O–H groups in total. The molecule has 2 aromatic rings. The van der Waals surface area contributed by atoms with Gasteiger partial charge in [-0.3, -0.25) is 0 Å². The van der Waals surface area contributed by atoms with Crippen LogP contribution in [0.15, 0.2) is 30.3 Å². The largest absolute Gasteiger partial charge is 0.391 e. The molecule has 0 saturated heterocycles. The standard InChI is InChI=1S/C16H24N6O/c1-4-13(23)10-22(12-8-6-5-7-9-12)11-14-18-15(17)20-16(19-14)21(2)3/h5-9,13,23H,4,10-11H2,1-3H3,(H2,17,18,19,20)/t13-/m1/s1. The Balaban J connectivity index is 2.27. The van der Waals surface area contributed by atoms with Crippen LogP contribution in [0.3, 0.4) is 0 Å². The van der Waals surface area contributed by atoms with E-state index >= 15 is 0 Å². The lowest BCUT2D eigenvalue weighted by molar-refractivity contribution is 0.175. The van der Waals surface area contributed by atoms with E-state index in [9.17, 15) is 5.11 Å². The summed E-state index contributed by atoms with van der Waals surface area (Å²) >= 11 is 0. The number of para-hydroxylation sites is 1. The van der Waals surface area contributed by atoms with Crippen molar-refractivity contribution in [3.63, 3.8) is 0 Å². The molecule has 7 nitrogen and oxygen atoms in total. The predicted octanol–water partition coefficient (Wildman–Crippen LogP) is 1.30. The van der Waals surface area contributed by atoms with Crippen LogP contribution in [0.2, 0.25) is 0 Å². The van der Waals surface area contributed by atoms with Gasteiger partial charge in [-0.15, -0.1) is 0 Å². The fourth-order valence-corrected chi connectivity index (χ4v) is 2.15. The van der Waals surface area contributed by atoms with Crippen LogP contribution in [-0.2, 0) is 6.54 Å². The van der Waals surface area contributed by atoms with Crippen molar-refractivity contribution in [2.24, 2.45) is 0 Å². The van der Waals surface area contributed by atoms with Gasteiger partial charge in [0.2, 0.25) is 11.9 Å². The first kappa shape index (κ1) is 17.0. The van der Waals surface area contributed by atoms with Crippen LogP contribution in [0.5, 0.6) is 0 Å². The maximum atomic E-state index is 10.0. The van der Waals surface area contributed by atoms with Gasteiger partial charge in [0.25, 0.3) is 0 Å². The van der Waals surface area contributed by atoms with Crippen molar-refractivity contribution < 1.29 is 5.11 Å². The fourth-order valence-electron chi connectivity index (χ4n) is 2.15. The Labute approximate surface area is 136 Å². The van der Waals surface area contributed by atoms with E-state index in [0.29, 0.717) is 31.3 Å². The Morgan fingerprint density at radius 1 is 1.13 bits per heavy atom. The normalized spacial score (nSPS) is 12.0. The number of nitrogen functional groups attached to an aromatic ring is 1. The van der Waals surface area contributed by atoms with Gasteiger partial charge in [0, 0.05) is 26.3 Å². The summed E-state index contributed by atoms with van der Waals surface area (Å²) in [6, 6.07) is 9.89. The second kappa shape index (κ2) is 7.73. The van der Waals surface area contributed by atoms with E-state index in [1.807, 2.05) is 56.3 Å². The van der Waals surface area contributed by atoms with Gasteiger partial charge in [-0.1, -0.05) is 25.1 Å². The molecular weight excluding hydrogens is 292 g/mol. The molecule has 0 aliphatic carbocycles. The topological polar surface area (TPSA) is 91.4 Å². The van der Waals surface area contributed by atoms with Gasteiger partial charge in [-0.25, -0.2) is 0 Å². The molecule has 7 heteroatoms. The minimum Gasteiger partial charge on any atom is -0.391 e. The number of nitrogens with two attached hydrogens (primary N) is 1. The van der Waals surface area contributed by atoms with E-state index in [-0.39, 0.29) is 5.95 Å². The average Bonchev–Trinajstić information content (AvgIpc) is 2.54. The van der Waals surface area contributed by atoms with Gasteiger partial charge >= 0.3 is 0 Å². The zero-order chi connectivity index (χ0) is 16.8. The van der Waals surface area contributed by atoms with Crippen LogP contribution in [0, 0.1) is 0 Å². The molecule has 0 aliphatic heterocycles. The zero-order valence-electron chi connectivity index (χ0n) is 13.8. The first-order chi connectivity index (χ1) is 11.0. The summed E-state index contributed by atoms with van der Waals surface area (Å²) in [5.74, 6) is 1.30. The summed E-state index contributed by atoms with van der Waals surface area (Å²) in [4.78, 5) is 16.6. The maximum Gasteiger partial charge on any atom is 0.229 e. The Kier molecular flexibility index (Phi) is 5.70. The number of benzene rings is 1. The molecule has 0 unspecified atom stereocenters. The van der Waals surface area contributed by atoms with Gasteiger partial charge < -0.3 is 20.6 Å². The van der Waals surface area contributed by atoms with Crippen LogP contribution in [0.25, 0.3) is 0 Å². The second-order valence-electron chi connectivity index (χ2n) is 5.58. The average molecular weight is 316 g/mol. The van der Waals surface area contributed by atoms with Gasteiger partial charge in [0.05, 0.1) is 12.6 Å². The number of anilines is 3. The molecule has 1 heterocycles. The molecule has 1 aromatic heterocycles. The van der Waals surface area contributed by atoms with Gasteiger partial charge in [0.15, 0.2) is 5.82 Å². The molecule has 0 fully saturated rings. The van der Waals surface area contributed by atoms with E-state index < -0.39 is 6.10 Å². The monoisotopic (exact) mass is 316 g/mol. The third-order valence-corrected chi connectivity index (χ3v) is 3.44. The molecular formula is C16H24N6O. The molecule has 23 heavy (non-hydrogen) atoms. The van der Waals surface area contributed by atoms with Gasteiger partial charge in [-0.05, 0) is 18.6 Å². The van der Waals surface area contributed by atoms with Crippen LogP contribution in [0.4, 0.5) is 17.6 Å². The number of aliphatic hydroxyl groups is 1. The minimum absolute atomic E-state index is 0.197. The van der Waals surface area contributed by atoms with Crippen molar-refractivity contribution in [2.45, 2.75) is 26.0 Å². The van der Waals surface area contributed by atoms with Crippen LogP contribution >= 0.6 is 0 Å². The number of hydrogen-bond donors (Lipinski definition) is 2. The summed E-state index contributed by atoms with van der Waals surface area (Å²) < 4.78 is 0. The van der Waals surface area contributed by atoms with Crippen molar-refractivity contribution in [1.29, 1.82) is 0 Å². The molecule has 0 saturated carbocycles. The molecule has 1 atom stereocenters. The maximum absolute atomic E-state index is 10.0. The van der Waals surface area contributed by atoms with Crippen molar-refractivity contribution in [1.82, 2.24) is 15.0 Å². The van der Waals surface area contributed by atoms with Crippen LogP contribution < -0.4 is 15.5 Å². The Bertz CT molecular complexity index is 619. The molecule has 0 bridgehead atoms. The zero-order valence-corrected chi connectivity index (χ0v) is 13.8. The Morgan fingerprint density at radius 3 is 2.43 bits per heavy atom. The predicted molar refractivity (Wildman–Crippen MR) is 92.4 cm³/mol. The molecule has 0 aliphatic rings. The van der Waals surface area contributed by atoms with Crippen molar-refractivity contribution in [3.05, 3.63) is 36.2 Å². The van der Waals surface area contributed by atoms with Crippen molar-refractivity contribution in [2.75, 3.05) is 36.2 Å². The summed E-state index contributed by atoms with van der Waals surface area (Å²) in [7, 11) is 3.71. The highest BCUT2D eigenvalue weighted by Gasteiger charge is 2.15. The number of hydrogen-bond acceptors (Lipinski definition) is 7. The number of aromatic nitrogens is 3. The minimum atomic E-state index is -0.414. The van der Waals surface area contributed by atoms with Gasteiger partial charge in [-0.2, -0.15) is 15.0 Å². The lowest BCUT2D eigenvalue weighted by Gasteiger charge is -2.26. The van der Waals surface area contributed by atoms with E-state index in [0.717, 1.165) is 5.69 Å². The van der Waals surface area contributed by atoms with Crippen LogP contribution in [-0.4, -0.2) is 46.8 Å². The summed E-state index contributed by atoms with van der Waals surface area (Å²) in [6.45, 7) is 2.91. The van der Waals surface area contributed by atoms with Crippen LogP contribution in [0.1, 0.15) is 19.2 Å². The molecule has 1 aromatic carbocycles. The highest BCUT2D eigenvalue weighted by molar-refractivity contribution is 5.46. The number of aliphatic hydroxyl groups excluding tert-OH is 1. The first-order valence-corrected chi connectivity index (χ1v) is 7.65. The van der Waals surface area contributed by atoms with Gasteiger partial charge in [0.1, 0.15) is 0 Å². The number of rotatable bonds is 7. The van der Waals surface area contributed by atoms with E-state index in [1.165, 1.54) is 0 Å². The Morgan fingerprint density at radius 2 is 1.83 bits per heavy atom. The van der Waals surface area contributed by atoms with E-state index in [1.54, 1.807) is 4.90 Å². The summed E-state index contributed by atoms with van der Waals surface area (Å²) in [5, 5.41) is 10.0. The Hall–Kier alpha value is -2.41. The highest BCUT2D eigenvalue weighted by atomic mass is 16.3. The quantitative estimate of drug-likeness (QED) is 0.795. The smallest absolute Gasteiger partial charge is 0.229 e. The SMILES string of the molecule is CC[C@@H](O)CN(Cc1nc(N)nc(N(C)C)n1)c1ccccc1. The third-order valence-electron chi connectivity index (χ3n) is 3.44. The van der Waals surface area contributed by atoms with Crippen molar-refractivity contribution >= 4 is 17.6 Å². The molecule has 2 rings (SSSR count). The number of nitrogens with zero attached hydrogens (tertiary/aromatic N) is 5. The molecule has 0 spiro atoms. The fraction of sp³-hybridized carbons (Fsp3) is 0.438. The lowest BCUT2D eigenvalue weighted by atomic mass is 10.2. The molecule has 124 valence electrons. The van der Waals surface area contributed by atoms with Crippen molar-refractivity contribution in [3.8, 4) is 0 Å². The second-order valence-corrected chi connectivity index (χ2v) is 5.58. The first-order valence-electron chi connectivity index (χ1n) is 7.65. The summed E-state index contributed by atoms with van der Waals surface area (Å²) in [5.41, 5.74) is 6.79. The summed E-state index contributed by atoms with van der Waals surface area (Å²) in [6.07, 6.45) is 0.272. The van der Waals surface area contributed by atoms with E-state index in [2.05, 4.69) is 15.0 Å². The molecule has 0 amide bonds. The van der Waals surface area contributed by atoms with E-state index in [4.69, 9.17) is 5.73 Å². The lowest BCUT2D eigenvalue weighted by Crippen LogP contribution is -2.32.